The van der Waals surface area contributed by atoms with E-state index in [9.17, 15) is 9.59 Å². The summed E-state index contributed by atoms with van der Waals surface area (Å²) >= 11 is 12.3. The number of benzene rings is 2. The zero-order valence-electron chi connectivity index (χ0n) is 16.0. The molecule has 0 bridgehead atoms. The molecule has 2 aromatic rings. The number of amides is 2. The van der Waals surface area contributed by atoms with Crippen molar-refractivity contribution >= 4 is 46.3 Å². The van der Waals surface area contributed by atoms with E-state index in [2.05, 4.69) is 5.32 Å². The molecule has 8 heteroatoms. The number of anilines is 1. The number of nitrogens with one attached hydrogen (secondary N) is 1. The Balaban J connectivity index is 2.10. The van der Waals surface area contributed by atoms with Crippen LogP contribution in [-0.2, 0) is 14.3 Å². The number of rotatable bonds is 8. The summed E-state index contributed by atoms with van der Waals surface area (Å²) in [4.78, 5) is 27.3. The van der Waals surface area contributed by atoms with E-state index >= 15 is 0 Å². The van der Waals surface area contributed by atoms with Gasteiger partial charge in [0.1, 0.15) is 11.4 Å². The van der Waals surface area contributed by atoms with E-state index in [1.807, 2.05) is 19.1 Å². The van der Waals surface area contributed by atoms with Crippen molar-refractivity contribution in [3.8, 4) is 5.75 Å². The van der Waals surface area contributed by atoms with Crippen LogP contribution in [0.2, 0.25) is 10.0 Å². The highest BCUT2D eigenvalue weighted by Gasteiger charge is 2.40. The third kappa shape index (κ3) is 4.40. The van der Waals surface area contributed by atoms with Crippen molar-refractivity contribution in [3.05, 3.63) is 63.8 Å². The van der Waals surface area contributed by atoms with Gasteiger partial charge >= 0.3 is 0 Å². The fourth-order valence-corrected chi connectivity index (χ4v) is 3.51. The van der Waals surface area contributed by atoms with Crippen molar-refractivity contribution in [3.63, 3.8) is 0 Å². The predicted molar refractivity (Wildman–Crippen MR) is 113 cm³/mol. The highest BCUT2D eigenvalue weighted by molar-refractivity contribution is 6.41. The molecule has 0 aromatic heterocycles. The van der Waals surface area contributed by atoms with Crippen LogP contribution in [0, 0.1) is 0 Å². The van der Waals surface area contributed by atoms with Crippen molar-refractivity contribution in [2.24, 2.45) is 0 Å². The fraction of sp³-hybridized carbons (Fsp3) is 0.238. The van der Waals surface area contributed by atoms with Crippen LogP contribution in [-0.4, -0.2) is 43.6 Å². The molecule has 0 spiro atoms. The minimum absolute atomic E-state index is 0.126. The van der Waals surface area contributed by atoms with Gasteiger partial charge in [-0.1, -0.05) is 41.4 Å². The molecule has 1 aliphatic heterocycles. The summed E-state index contributed by atoms with van der Waals surface area (Å²) < 4.78 is 10.7. The zero-order chi connectivity index (χ0) is 21.0. The Kier molecular flexibility index (Phi) is 6.79. The van der Waals surface area contributed by atoms with Gasteiger partial charge in [-0.15, -0.1) is 0 Å². The Morgan fingerprint density at radius 3 is 2.52 bits per heavy atom. The summed E-state index contributed by atoms with van der Waals surface area (Å²) in [5, 5.41) is 3.79. The molecule has 0 saturated carbocycles. The van der Waals surface area contributed by atoms with Gasteiger partial charge in [-0.3, -0.25) is 14.5 Å². The van der Waals surface area contributed by atoms with E-state index in [1.165, 1.54) is 13.2 Å². The van der Waals surface area contributed by atoms with E-state index in [0.29, 0.717) is 28.6 Å². The summed E-state index contributed by atoms with van der Waals surface area (Å²) in [6, 6.07) is 12.0. The first-order valence-corrected chi connectivity index (χ1v) is 9.77. The SMILES string of the molecule is CCOc1ccccc1NC1=C(c2ccc(Cl)cc2Cl)C(=O)N(CCOC)C1=O. The first-order chi connectivity index (χ1) is 14.0. The molecule has 1 N–H and O–H groups in total. The molecule has 0 fully saturated rings. The zero-order valence-corrected chi connectivity index (χ0v) is 17.5. The lowest BCUT2D eigenvalue weighted by atomic mass is 10.0. The van der Waals surface area contributed by atoms with Crippen molar-refractivity contribution in [2.75, 3.05) is 32.2 Å². The molecule has 0 radical (unpaired) electrons. The summed E-state index contributed by atoms with van der Waals surface area (Å²) in [6.07, 6.45) is 0. The molecule has 6 nitrogen and oxygen atoms in total. The van der Waals surface area contributed by atoms with E-state index in [0.717, 1.165) is 4.90 Å². The molecule has 152 valence electrons. The van der Waals surface area contributed by atoms with Gasteiger partial charge in [0.05, 0.1) is 36.0 Å². The number of carbonyl (C=O) groups excluding carboxylic acids is 2. The number of hydrogen-bond acceptors (Lipinski definition) is 5. The molecule has 0 aliphatic carbocycles. The van der Waals surface area contributed by atoms with Crippen LogP contribution in [0.15, 0.2) is 48.2 Å². The Bertz CT molecular complexity index is 975. The third-order valence-corrected chi connectivity index (χ3v) is 4.88. The second kappa shape index (κ2) is 9.31. The summed E-state index contributed by atoms with van der Waals surface area (Å²) in [5.74, 6) is -0.341. The van der Waals surface area contributed by atoms with Gasteiger partial charge in [0.25, 0.3) is 11.8 Å². The van der Waals surface area contributed by atoms with Gasteiger partial charge in [-0.25, -0.2) is 0 Å². The standard InChI is InChI=1S/C21H20Cl2N2O4/c1-3-29-17-7-5-4-6-16(17)24-19-18(14-9-8-13(22)12-15(14)23)20(26)25(21(19)27)10-11-28-2/h4-9,12,24H,3,10-11H2,1-2H3. The van der Waals surface area contributed by atoms with Gasteiger partial charge in [0.15, 0.2) is 0 Å². The molecular weight excluding hydrogens is 415 g/mol. The highest BCUT2D eigenvalue weighted by atomic mass is 35.5. The Morgan fingerprint density at radius 2 is 1.83 bits per heavy atom. The van der Waals surface area contributed by atoms with Crippen LogP contribution in [0.3, 0.4) is 0 Å². The van der Waals surface area contributed by atoms with Crippen molar-refractivity contribution < 1.29 is 19.1 Å². The van der Waals surface area contributed by atoms with Crippen LogP contribution in [0.5, 0.6) is 5.75 Å². The van der Waals surface area contributed by atoms with Crippen LogP contribution in [0.4, 0.5) is 5.69 Å². The van der Waals surface area contributed by atoms with Crippen LogP contribution in [0.25, 0.3) is 5.57 Å². The molecule has 0 saturated heterocycles. The molecule has 3 rings (SSSR count). The molecule has 2 aromatic carbocycles. The van der Waals surface area contributed by atoms with E-state index in [1.54, 1.807) is 24.3 Å². The van der Waals surface area contributed by atoms with Gasteiger partial charge in [0.2, 0.25) is 0 Å². The number of para-hydroxylation sites is 2. The first-order valence-electron chi connectivity index (χ1n) is 9.01. The second-order valence-corrected chi connectivity index (χ2v) is 7.03. The molecule has 0 atom stereocenters. The molecule has 1 aliphatic rings. The van der Waals surface area contributed by atoms with Crippen molar-refractivity contribution in [2.45, 2.75) is 6.92 Å². The molecule has 2 amide bonds. The Hall–Kier alpha value is -2.54. The normalized spacial score (nSPS) is 14.0. The first kappa shape index (κ1) is 21.2. The lowest BCUT2D eigenvalue weighted by Gasteiger charge is -2.15. The maximum Gasteiger partial charge on any atom is 0.278 e. The predicted octanol–water partition coefficient (Wildman–Crippen LogP) is 4.23. The molecule has 29 heavy (non-hydrogen) atoms. The van der Waals surface area contributed by atoms with Gasteiger partial charge in [-0.2, -0.15) is 0 Å². The van der Waals surface area contributed by atoms with E-state index < -0.39 is 11.8 Å². The summed E-state index contributed by atoms with van der Waals surface area (Å²) in [5.41, 5.74) is 1.30. The fourth-order valence-electron chi connectivity index (χ4n) is 3.01. The summed E-state index contributed by atoms with van der Waals surface area (Å²) in [6.45, 7) is 2.68. The number of ether oxygens (including phenoxy) is 2. The van der Waals surface area contributed by atoms with Crippen LogP contribution < -0.4 is 10.1 Å². The maximum absolute atomic E-state index is 13.1. The quantitative estimate of drug-likeness (QED) is 0.629. The highest BCUT2D eigenvalue weighted by Crippen LogP contribution is 2.36. The average molecular weight is 435 g/mol. The minimum Gasteiger partial charge on any atom is -0.492 e. The minimum atomic E-state index is -0.459. The summed E-state index contributed by atoms with van der Waals surface area (Å²) in [7, 11) is 1.51. The number of imide groups is 1. The number of carbonyl (C=O) groups is 2. The monoisotopic (exact) mass is 434 g/mol. The lowest BCUT2D eigenvalue weighted by molar-refractivity contribution is -0.137. The lowest BCUT2D eigenvalue weighted by Crippen LogP contribution is -2.35. The average Bonchev–Trinajstić information content (AvgIpc) is 2.92. The second-order valence-electron chi connectivity index (χ2n) is 6.18. The van der Waals surface area contributed by atoms with E-state index in [4.69, 9.17) is 32.7 Å². The van der Waals surface area contributed by atoms with Crippen LogP contribution >= 0.6 is 23.2 Å². The molecule has 0 unspecified atom stereocenters. The van der Waals surface area contributed by atoms with Crippen LogP contribution in [0.1, 0.15) is 12.5 Å². The van der Waals surface area contributed by atoms with Gasteiger partial charge < -0.3 is 14.8 Å². The Labute approximate surface area is 179 Å². The number of halogens is 2. The van der Waals surface area contributed by atoms with Crippen molar-refractivity contribution in [1.29, 1.82) is 0 Å². The molecular formula is C21H20Cl2N2O4. The van der Waals surface area contributed by atoms with Gasteiger partial charge in [0, 0.05) is 17.7 Å². The third-order valence-electron chi connectivity index (χ3n) is 4.33. The maximum atomic E-state index is 13.1. The Morgan fingerprint density at radius 1 is 1.07 bits per heavy atom. The van der Waals surface area contributed by atoms with Crippen molar-refractivity contribution in [1.82, 2.24) is 4.90 Å². The topological polar surface area (TPSA) is 67.9 Å². The molecule has 1 heterocycles. The number of methoxy groups -OCH3 is 1. The number of nitrogens with zero attached hydrogens (tertiary/aromatic N) is 1. The van der Waals surface area contributed by atoms with Gasteiger partial charge in [-0.05, 0) is 31.2 Å². The van der Waals surface area contributed by atoms with E-state index in [-0.39, 0.29) is 29.4 Å². The number of hydrogen-bond donors (Lipinski definition) is 1. The largest absolute Gasteiger partial charge is 0.492 e. The smallest absolute Gasteiger partial charge is 0.278 e.